The van der Waals surface area contributed by atoms with Crippen molar-refractivity contribution in [2.45, 2.75) is 38.0 Å². The lowest BCUT2D eigenvalue weighted by Gasteiger charge is -2.48. The van der Waals surface area contributed by atoms with Crippen LogP contribution in [0.25, 0.3) is 11.4 Å². The molecule has 2 aliphatic heterocycles. The van der Waals surface area contributed by atoms with Gasteiger partial charge in [-0.05, 0) is 44.0 Å². The van der Waals surface area contributed by atoms with Crippen LogP contribution >= 0.6 is 0 Å². The Balaban J connectivity index is 0.000000448. The highest BCUT2D eigenvalue weighted by atomic mass is 19.4. The molecule has 2 amide bonds. The van der Waals surface area contributed by atoms with Crippen molar-refractivity contribution in [3.63, 3.8) is 0 Å². The summed E-state index contributed by atoms with van der Waals surface area (Å²) in [5, 5.41) is 16.0. The fraction of sp³-hybridized carbons (Fsp3) is 0.417. The Kier molecular flexibility index (Phi) is 7.60. The number of carboxylic acids is 1. The van der Waals surface area contributed by atoms with Gasteiger partial charge in [0.1, 0.15) is 5.76 Å². The second-order valence-electron chi connectivity index (χ2n) is 9.07. The number of methoxy groups -OCH3 is 1. The summed E-state index contributed by atoms with van der Waals surface area (Å²) in [4.78, 5) is 41.9. The van der Waals surface area contributed by atoms with Crippen LogP contribution in [0.1, 0.15) is 35.0 Å². The monoisotopic (exact) mass is 550 g/mol. The molecule has 208 valence electrons. The lowest BCUT2D eigenvalue weighted by molar-refractivity contribution is -0.192. The molecule has 0 unspecified atom stereocenters. The summed E-state index contributed by atoms with van der Waals surface area (Å²) in [6, 6.07) is 7.31. The molecular weight excluding hydrogens is 525 g/mol. The molecule has 2 aliphatic rings. The largest absolute Gasteiger partial charge is 0.490 e. The zero-order valence-corrected chi connectivity index (χ0v) is 21.0. The molecule has 0 radical (unpaired) electrons. The first-order valence-corrected chi connectivity index (χ1v) is 11.8. The van der Waals surface area contributed by atoms with Crippen molar-refractivity contribution < 1.29 is 41.8 Å². The van der Waals surface area contributed by atoms with Crippen LogP contribution in [0.4, 0.5) is 18.0 Å². The maximum Gasteiger partial charge on any atom is 0.490 e. The molecule has 39 heavy (non-hydrogen) atoms. The molecule has 1 N–H and O–H groups in total. The van der Waals surface area contributed by atoms with Gasteiger partial charge in [-0.15, -0.1) is 10.2 Å². The Labute approximate surface area is 220 Å². The van der Waals surface area contributed by atoms with Gasteiger partial charge in [0.2, 0.25) is 0 Å². The molecule has 0 saturated carbocycles. The van der Waals surface area contributed by atoms with Gasteiger partial charge < -0.3 is 23.7 Å². The van der Waals surface area contributed by atoms with E-state index >= 15 is 0 Å². The first-order chi connectivity index (χ1) is 18.4. The number of carbonyl (C=O) groups is 3. The molecule has 15 heteroatoms. The van der Waals surface area contributed by atoms with Crippen LogP contribution in [0.5, 0.6) is 0 Å². The fourth-order valence-electron chi connectivity index (χ4n) is 4.72. The van der Waals surface area contributed by atoms with Crippen LogP contribution in [0.2, 0.25) is 0 Å². The van der Waals surface area contributed by atoms with E-state index in [0.717, 1.165) is 11.4 Å². The summed E-state index contributed by atoms with van der Waals surface area (Å²) in [5.74, 6) is -0.407. The molecule has 1 saturated heterocycles. The first-order valence-electron chi connectivity index (χ1n) is 11.8. The predicted molar refractivity (Wildman–Crippen MR) is 126 cm³/mol. The maximum absolute atomic E-state index is 12.9. The number of alkyl halides is 3. The maximum atomic E-state index is 12.9. The quantitative estimate of drug-likeness (QED) is 0.509. The molecule has 3 aromatic heterocycles. The minimum Gasteiger partial charge on any atom is -0.475 e. The lowest BCUT2D eigenvalue weighted by atomic mass is 9.84. The van der Waals surface area contributed by atoms with Gasteiger partial charge in [-0.1, -0.05) is 0 Å². The summed E-state index contributed by atoms with van der Waals surface area (Å²) in [7, 11) is 1.38. The summed E-state index contributed by atoms with van der Waals surface area (Å²) >= 11 is 0. The smallest absolute Gasteiger partial charge is 0.475 e. The molecule has 5 rings (SSSR count). The number of ether oxygens (including phenoxy) is 1. The molecule has 1 fully saturated rings. The van der Waals surface area contributed by atoms with Gasteiger partial charge in [0.15, 0.2) is 17.4 Å². The summed E-state index contributed by atoms with van der Waals surface area (Å²) in [6.07, 6.45) is -0.720. The van der Waals surface area contributed by atoms with Crippen molar-refractivity contribution in [2.75, 3.05) is 26.7 Å². The third-order valence-electron chi connectivity index (χ3n) is 6.55. The van der Waals surface area contributed by atoms with Gasteiger partial charge in [-0.2, -0.15) is 13.2 Å². The molecular formula is C24H25F3N6O6. The lowest BCUT2D eigenvalue weighted by Crippen LogP contribution is -2.57. The van der Waals surface area contributed by atoms with E-state index in [1.54, 1.807) is 34.3 Å². The molecule has 1 spiro atoms. The molecule has 3 aromatic rings. The number of rotatable bonds is 2. The SMILES string of the molecule is COC(=O)N1Cc2nnc(-c3cccnc3)n2C2(CCN(C(=O)c3ccc(C)o3)CC2)C1.O=C(O)C(F)(F)F. The average Bonchev–Trinajstić information content (AvgIpc) is 3.55. The predicted octanol–water partition coefficient (Wildman–Crippen LogP) is 3.09. The van der Waals surface area contributed by atoms with Crippen molar-refractivity contribution in [1.29, 1.82) is 0 Å². The molecule has 0 aliphatic carbocycles. The third-order valence-corrected chi connectivity index (χ3v) is 6.55. The van der Waals surface area contributed by atoms with Crippen LogP contribution in [0.3, 0.4) is 0 Å². The number of piperidine rings is 1. The first kappa shape index (κ1) is 27.6. The van der Waals surface area contributed by atoms with Gasteiger partial charge in [0.05, 0.1) is 19.2 Å². The number of furan rings is 1. The Morgan fingerprint density at radius 2 is 1.79 bits per heavy atom. The third kappa shape index (κ3) is 5.71. The Hall–Kier alpha value is -4.43. The van der Waals surface area contributed by atoms with Crippen LogP contribution < -0.4 is 0 Å². The number of carboxylic acid groups (broad SMARTS) is 1. The Morgan fingerprint density at radius 3 is 2.33 bits per heavy atom. The standard InChI is InChI=1S/C22H24N6O4.C2HF3O2/c1-15-5-6-17(32-15)20(29)26-10-7-22(8-11-26)14-27(21(30)31-2)13-18-24-25-19(28(18)22)16-4-3-9-23-12-16;3-2(4,5)1(6)7/h3-6,9,12H,7-8,10-11,13-14H2,1-2H3;(H,6,7). The second kappa shape index (κ2) is 10.7. The van der Waals surface area contributed by atoms with Gasteiger partial charge in [0, 0.05) is 37.6 Å². The van der Waals surface area contributed by atoms with Crippen LogP contribution in [-0.4, -0.2) is 85.5 Å². The van der Waals surface area contributed by atoms with E-state index in [2.05, 4.69) is 19.7 Å². The molecule has 12 nitrogen and oxygen atoms in total. The topological polar surface area (TPSA) is 144 Å². The Bertz CT molecular complexity index is 1350. The summed E-state index contributed by atoms with van der Waals surface area (Å²) in [6.45, 7) is 3.64. The van der Waals surface area contributed by atoms with E-state index < -0.39 is 23.8 Å². The number of pyridine rings is 1. The highest BCUT2D eigenvalue weighted by molar-refractivity contribution is 5.91. The number of halogens is 3. The highest BCUT2D eigenvalue weighted by Crippen LogP contribution is 2.39. The average molecular weight is 550 g/mol. The molecule has 0 bridgehead atoms. The molecule has 0 atom stereocenters. The zero-order chi connectivity index (χ0) is 28.4. The molecule has 5 heterocycles. The number of aliphatic carboxylic acids is 1. The number of hydrogen-bond donors (Lipinski definition) is 1. The van der Waals surface area contributed by atoms with E-state index in [-0.39, 0.29) is 5.91 Å². The van der Waals surface area contributed by atoms with E-state index in [9.17, 15) is 22.8 Å². The minimum atomic E-state index is -5.08. The second-order valence-corrected chi connectivity index (χ2v) is 9.07. The van der Waals surface area contributed by atoms with Crippen LogP contribution in [-0.2, 0) is 21.6 Å². The molecule has 0 aromatic carbocycles. The number of amides is 2. The van der Waals surface area contributed by atoms with Crippen molar-refractivity contribution in [3.8, 4) is 11.4 Å². The number of nitrogens with zero attached hydrogens (tertiary/aromatic N) is 6. The number of aromatic nitrogens is 4. The van der Waals surface area contributed by atoms with Crippen molar-refractivity contribution in [3.05, 3.63) is 54.0 Å². The van der Waals surface area contributed by atoms with E-state index in [0.29, 0.717) is 56.4 Å². The van der Waals surface area contributed by atoms with Crippen molar-refractivity contribution in [1.82, 2.24) is 29.5 Å². The number of aryl methyl sites for hydroxylation is 1. The zero-order valence-electron chi connectivity index (χ0n) is 21.0. The number of carbonyl (C=O) groups excluding carboxylic acids is 2. The highest BCUT2D eigenvalue weighted by Gasteiger charge is 2.46. The Morgan fingerprint density at radius 1 is 1.10 bits per heavy atom. The van der Waals surface area contributed by atoms with Crippen molar-refractivity contribution >= 4 is 18.0 Å². The van der Waals surface area contributed by atoms with Crippen molar-refractivity contribution in [2.24, 2.45) is 0 Å². The number of likely N-dealkylation sites (tertiary alicyclic amines) is 1. The normalized spacial score (nSPS) is 16.2. The summed E-state index contributed by atoms with van der Waals surface area (Å²) < 4.78 is 44.4. The van der Waals surface area contributed by atoms with E-state index in [1.165, 1.54) is 7.11 Å². The fourth-order valence-corrected chi connectivity index (χ4v) is 4.72. The number of hydrogen-bond acceptors (Lipinski definition) is 8. The minimum absolute atomic E-state index is 0.120. The van der Waals surface area contributed by atoms with Crippen LogP contribution in [0, 0.1) is 6.92 Å². The summed E-state index contributed by atoms with van der Waals surface area (Å²) in [5.41, 5.74) is 0.411. The van der Waals surface area contributed by atoms with Gasteiger partial charge in [-0.3, -0.25) is 14.7 Å². The number of fused-ring (bicyclic) bond motifs is 2. The van der Waals surface area contributed by atoms with Gasteiger partial charge in [0.25, 0.3) is 5.91 Å². The van der Waals surface area contributed by atoms with Crippen LogP contribution in [0.15, 0.2) is 41.1 Å². The van der Waals surface area contributed by atoms with Gasteiger partial charge in [-0.25, -0.2) is 9.59 Å². The van der Waals surface area contributed by atoms with E-state index in [1.807, 2.05) is 19.1 Å². The van der Waals surface area contributed by atoms with E-state index in [4.69, 9.17) is 19.1 Å². The van der Waals surface area contributed by atoms with Gasteiger partial charge >= 0.3 is 18.2 Å².